The van der Waals surface area contributed by atoms with Gasteiger partial charge in [0, 0.05) is 18.6 Å². The summed E-state index contributed by atoms with van der Waals surface area (Å²) in [6.45, 7) is 0. The van der Waals surface area contributed by atoms with E-state index in [1.807, 2.05) is 0 Å². The number of nitrogens with zero attached hydrogens (tertiary/aromatic N) is 3. The van der Waals surface area contributed by atoms with E-state index in [4.69, 9.17) is 16.7 Å². The van der Waals surface area contributed by atoms with Gasteiger partial charge in [0.1, 0.15) is 0 Å². The molecule has 6 nitrogen and oxygen atoms in total. The van der Waals surface area contributed by atoms with Crippen LogP contribution in [0.3, 0.4) is 0 Å². The Morgan fingerprint density at radius 3 is 2.33 bits per heavy atom. The molecule has 0 unspecified atom stereocenters. The number of hydrogen-bond acceptors (Lipinski definition) is 4. The van der Waals surface area contributed by atoms with Crippen molar-refractivity contribution in [1.29, 1.82) is 0 Å². The van der Waals surface area contributed by atoms with Crippen molar-refractivity contribution in [2.45, 2.75) is 0 Å². The largest absolute Gasteiger partial charge is 0.475 e. The third kappa shape index (κ3) is 4.19. The van der Waals surface area contributed by atoms with Crippen molar-refractivity contribution in [2.24, 2.45) is 0 Å². The Hall–Kier alpha value is -1.95. The topological polar surface area (TPSA) is 91.8 Å². The van der Waals surface area contributed by atoms with Gasteiger partial charge in [-0.1, -0.05) is 11.6 Å². The second-order valence-corrected chi connectivity index (χ2v) is 2.66. The van der Waals surface area contributed by atoms with Crippen molar-refractivity contribution < 1.29 is 9.90 Å². The first-order chi connectivity index (χ1) is 7.20. The first-order valence-corrected chi connectivity index (χ1v) is 4.23. The predicted octanol–water partition coefficient (Wildman–Crippen LogP) is 1.24. The molecule has 0 radical (unpaired) electrons. The number of hydrogen-bond donors (Lipinski definition) is 2. The average Bonchev–Trinajstić information content (AvgIpc) is 2.71. The van der Waals surface area contributed by atoms with Crippen LogP contribution in [-0.2, 0) is 0 Å². The minimum atomic E-state index is -1.10. The summed E-state index contributed by atoms with van der Waals surface area (Å²) in [6, 6.07) is 3.24. The molecule has 0 saturated heterocycles. The van der Waals surface area contributed by atoms with Crippen LogP contribution in [0, 0.1) is 0 Å². The zero-order valence-electron chi connectivity index (χ0n) is 7.46. The summed E-state index contributed by atoms with van der Waals surface area (Å²) in [5, 5.41) is 14.9. The van der Waals surface area contributed by atoms with E-state index in [-0.39, 0.29) is 5.82 Å². The first-order valence-electron chi connectivity index (χ1n) is 3.85. The number of carbonyl (C=O) groups is 1. The fourth-order valence-electron chi connectivity index (χ4n) is 0.652. The summed E-state index contributed by atoms with van der Waals surface area (Å²) < 4.78 is 0. The van der Waals surface area contributed by atoms with Crippen LogP contribution in [0.1, 0.15) is 10.6 Å². The third-order valence-electron chi connectivity index (χ3n) is 1.22. The minimum Gasteiger partial charge on any atom is -0.475 e. The van der Waals surface area contributed by atoms with Crippen LogP contribution >= 0.6 is 11.6 Å². The Kier molecular flexibility index (Phi) is 4.24. The van der Waals surface area contributed by atoms with Gasteiger partial charge in [-0.3, -0.25) is 5.10 Å². The molecule has 0 aliphatic carbocycles. The Balaban J connectivity index is 0.000000162. The van der Waals surface area contributed by atoms with E-state index < -0.39 is 5.97 Å². The molecule has 0 spiro atoms. The van der Waals surface area contributed by atoms with Gasteiger partial charge in [0.25, 0.3) is 0 Å². The highest BCUT2D eigenvalue weighted by molar-refractivity contribution is 6.29. The predicted molar refractivity (Wildman–Crippen MR) is 52.6 cm³/mol. The SMILES string of the molecule is Clc1cc[nH]n1.O=C(O)c1ncccn1. The Bertz CT molecular complexity index is 404. The maximum atomic E-state index is 10.1. The molecule has 0 aliphatic rings. The molecule has 2 aromatic heterocycles. The van der Waals surface area contributed by atoms with Gasteiger partial charge in [0.2, 0.25) is 5.82 Å². The number of nitrogens with one attached hydrogen (secondary N) is 1. The molecule has 2 N–H and O–H groups in total. The van der Waals surface area contributed by atoms with Gasteiger partial charge in [0.05, 0.1) is 0 Å². The number of carboxylic acid groups (broad SMARTS) is 1. The van der Waals surface area contributed by atoms with E-state index in [0.717, 1.165) is 0 Å². The molecular weight excluding hydrogens is 220 g/mol. The van der Waals surface area contributed by atoms with Crippen molar-refractivity contribution in [3.63, 3.8) is 0 Å². The lowest BCUT2D eigenvalue weighted by Gasteiger charge is -1.86. The number of aromatic carboxylic acids is 1. The smallest absolute Gasteiger partial charge is 0.373 e. The standard InChI is InChI=1S/C5H4N2O2.C3H3ClN2/c8-5(9)4-6-2-1-3-7-4;4-3-1-2-5-6-3/h1-3H,(H,8,9);1-2H,(H,5,6). The van der Waals surface area contributed by atoms with Crippen LogP contribution in [0.15, 0.2) is 30.7 Å². The Morgan fingerprint density at radius 2 is 2.07 bits per heavy atom. The number of H-pyrrole nitrogens is 1. The van der Waals surface area contributed by atoms with Crippen molar-refractivity contribution in [1.82, 2.24) is 20.2 Å². The Morgan fingerprint density at radius 1 is 1.40 bits per heavy atom. The monoisotopic (exact) mass is 226 g/mol. The van der Waals surface area contributed by atoms with E-state index in [1.54, 1.807) is 18.3 Å². The van der Waals surface area contributed by atoms with Gasteiger partial charge >= 0.3 is 5.97 Å². The zero-order valence-corrected chi connectivity index (χ0v) is 8.22. The van der Waals surface area contributed by atoms with Gasteiger partial charge < -0.3 is 5.11 Å². The molecule has 0 bridgehead atoms. The van der Waals surface area contributed by atoms with Crippen LogP contribution < -0.4 is 0 Å². The van der Waals surface area contributed by atoms with Gasteiger partial charge in [-0.25, -0.2) is 14.8 Å². The van der Waals surface area contributed by atoms with Crippen LogP contribution in [0.4, 0.5) is 0 Å². The molecule has 0 aliphatic heterocycles. The number of aromatic nitrogens is 4. The molecule has 0 amide bonds. The van der Waals surface area contributed by atoms with Crippen molar-refractivity contribution >= 4 is 17.6 Å². The lowest BCUT2D eigenvalue weighted by Crippen LogP contribution is -2.01. The molecular formula is C8H7ClN4O2. The highest BCUT2D eigenvalue weighted by Crippen LogP contribution is 1.96. The highest BCUT2D eigenvalue weighted by atomic mass is 35.5. The van der Waals surface area contributed by atoms with Gasteiger partial charge in [-0.05, 0) is 12.1 Å². The lowest BCUT2D eigenvalue weighted by atomic mass is 10.6. The summed E-state index contributed by atoms with van der Waals surface area (Å²) in [5.74, 6) is -1.27. The third-order valence-corrected chi connectivity index (χ3v) is 1.43. The minimum absolute atomic E-state index is 0.169. The van der Waals surface area contributed by atoms with Crippen LogP contribution in [0.2, 0.25) is 5.15 Å². The number of aromatic amines is 1. The lowest BCUT2D eigenvalue weighted by molar-refractivity contribution is 0.0683. The molecule has 0 atom stereocenters. The number of halogens is 1. The molecule has 0 aromatic carbocycles. The van der Waals surface area contributed by atoms with E-state index in [2.05, 4.69) is 20.2 Å². The fourth-order valence-corrected chi connectivity index (χ4v) is 0.764. The highest BCUT2D eigenvalue weighted by Gasteiger charge is 2.01. The first kappa shape index (κ1) is 11.1. The summed E-state index contributed by atoms with van der Waals surface area (Å²) in [5.41, 5.74) is 0. The zero-order chi connectivity index (χ0) is 11.1. The van der Waals surface area contributed by atoms with Gasteiger partial charge in [0.15, 0.2) is 5.15 Å². The summed E-state index contributed by atoms with van der Waals surface area (Å²) in [6.07, 6.45) is 4.44. The second-order valence-electron chi connectivity index (χ2n) is 2.27. The van der Waals surface area contributed by atoms with Crippen molar-refractivity contribution in [3.8, 4) is 0 Å². The molecule has 15 heavy (non-hydrogen) atoms. The van der Waals surface area contributed by atoms with Gasteiger partial charge in [-0.2, -0.15) is 5.10 Å². The van der Waals surface area contributed by atoms with Crippen molar-refractivity contribution in [3.05, 3.63) is 41.7 Å². The maximum Gasteiger partial charge on any atom is 0.373 e. The Labute approximate surface area is 90.0 Å². The summed E-state index contributed by atoms with van der Waals surface area (Å²) in [4.78, 5) is 17.0. The quantitative estimate of drug-likeness (QED) is 0.763. The molecule has 78 valence electrons. The number of carboxylic acids is 1. The molecule has 0 saturated carbocycles. The number of rotatable bonds is 1. The van der Waals surface area contributed by atoms with Gasteiger partial charge in [-0.15, -0.1) is 0 Å². The van der Waals surface area contributed by atoms with E-state index >= 15 is 0 Å². The molecule has 2 rings (SSSR count). The maximum absolute atomic E-state index is 10.1. The summed E-state index contributed by atoms with van der Waals surface area (Å²) >= 11 is 5.31. The fraction of sp³-hybridized carbons (Fsp3) is 0. The molecule has 7 heteroatoms. The summed E-state index contributed by atoms with van der Waals surface area (Å²) in [7, 11) is 0. The average molecular weight is 227 g/mol. The van der Waals surface area contributed by atoms with E-state index in [1.165, 1.54) is 12.4 Å². The van der Waals surface area contributed by atoms with E-state index in [0.29, 0.717) is 5.15 Å². The molecule has 2 aromatic rings. The molecule has 0 fully saturated rings. The van der Waals surface area contributed by atoms with Crippen LogP contribution in [0.5, 0.6) is 0 Å². The second kappa shape index (κ2) is 5.71. The van der Waals surface area contributed by atoms with Crippen LogP contribution in [0.25, 0.3) is 0 Å². The van der Waals surface area contributed by atoms with Crippen LogP contribution in [-0.4, -0.2) is 31.2 Å². The normalized spacial score (nSPS) is 8.87. The van der Waals surface area contributed by atoms with Crippen molar-refractivity contribution in [2.75, 3.05) is 0 Å². The molecule has 2 heterocycles. The van der Waals surface area contributed by atoms with E-state index in [9.17, 15) is 4.79 Å².